The van der Waals surface area contributed by atoms with E-state index in [-0.39, 0.29) is 32.3 Å². The summed E-state index contributed by atoms with van der Waals surface area (Å²) in [6.07, 6.45) is 0. The Morgan fingerprint density at radius 3 is 2.54 bits per heavy atom. The van der Waals surface area contributed by atoms with Crippen molar-refractivity contribution in [1.82, 2.24) is 4.98 Å². The van der Waals surface area contributed by atoms with E-state index in [1.807, 2.05) is 0 Å². The van der Waals surface area contributed by atoms with Gasteiger partial charge in [-0.2, -0.15) is 0 Å². The summed E-state index contributed by atoms with van der Waals surface area (Å²) in [5.74, 6) is -1.88. The molecule has 0 aliphatic carbocycles. The molecular formula is C14H9Cl3N4O5. The Morgan fingerprint density at radius 1 is 1.23 bits per heavy atom. The van der Waals surface area contributed by atoms with Crippen LogP contribution in [0.1, 0.15) is 10.5 Å². The number of ether oxygens (including phenoxy) is 1. The van der Waals surface area contributed by atoms with E-state index in [0.29, 0.717) is 0 Å². The number of nitrogen functional groups attached to an aromatic ring is 1. The molecule has 1 aromatic carbocycles. The molecule has 1 amide bonds. The SMILES string of the molecule is Nc1c(Cl)c(Cl)nc(C(=O)OCC(=O)Nc2ccccc2[N+](=O)[O-])c1Cl. The Kier molecular flexibility index (Phi) is 6.19. The zero-order valence-electron chi connectivity index (χ0n) is 12.7. The van der Waals surface area contributed by atoms with Crippen LogP contribution in [-0.2, 0) is 9.53 Å². The number of nitro benzene ring substituents is 1. The fourth-order valence-corrected chi connectivity index (χ4v) is 2.38. The summed E-state index contributed by atoms with van der Waals surface area (Å²) in [6.45, 7) is -0.747. The number of carbonyl (C=O) groups is 2. The zero-order valence-corrected chi connectivity index (χ0v) is 14.9. The van der Waals surface area contributed by atoms with Crippen LogP contribution in [0.25, 0.3) is 0 Å². The predicted octanol–water partition coefficient (Wildman–Crippen LogP) is 3.33. The Labute approximate surface area is 161 Å². The second-order valence-electron chi connectivity index (χ2n) is 4.69. The summed E-state index contributed by atoms with van der Waals surface area (Å²) in [5.41, 5.74) is 4.64. The van der Waals surface area contributed by atoms with Crippen LogP contribution < -0.4 is 11.1 Å². The standard InChI is InChI=1S/C14H9Cl3N4O5/c15-9-11(18)10(16)13(17)20-12(9)14(23)26-5-8(22)19-6-3-1-2-4-7(6)21(24)25/h1-4H,5H2,(H2,18,20)(H,19,22). The molecule has 0 fully saturated rings. The van der Waals surface area contributed by atoms with Crippen LogP contribution in [-0.4, -0.2) is 28.4 Å². The van der Waals surface area contributed by atoms with Gasteiger partial charge in [0.25, 0.3) is 11.6 Å². The molecule has 0 atom stereocenters. The number of nitrogens with two attached hydrogens (primary N) is 1. The fraction of sp³-hybridized carbons (Fsp3) is 0.0714. The van der Waals surface area contributed by atoms with E-state index in [4.69, 9.17) is 45.3 Å². The molecule has 0 unspecified atom stereocenters. The lowest BCUT2D eigenvalue weighted by Crippen LogP contribution is -2.22. The van der Waals surface area contributed by atoms with Crippen molar-refractivity contribution in [2.45, 2.75) is 0 Å². The van der Waals surface area contributed by atoms with Crippen molar-refractivity contribution in [3.8, 4) is 0 Å². The van der Waals surface area contributed by atoms with Gasteiger partial charge in [0.2, 0.25) is 0 Å². The minimum absolute atomic E-state index is 0.0477. The van der Waals surface area contributed by atoms with E-state index >= 15 is 0 Å². The second-order valence-corrected chi connectivity index (χ2v) is 5.81. The zero-order chi connectivity index (χ0) is 19.4. The highest BCUT2D eigenvalue weighted by molar-refractivity contribution is 6.46. The van der Waals surface area contributed by atoms with Crippen LogP contribution in [0, 0.1) is 10.1 Å². The molecule has 2 aromatic rings. The maximum Gasteiger partial charge on any atom is 0.359 e. The second kappa shape index (κ2) is 8.17. The Hall–Kier alpha value is -2.62. The number of nitrogens with zero attached hydrogens (tertiary/aromatic N) is 2. The van der Waals surface area contributed by atoms with Gasteiger partial charge in [0.1, 0.15) is 10.7 Å². The number of halogens is 3. The van der Waals surface area contributed by atoms with Gasteiger partial charge in [-0.25, -0.2) is 9.78 Å². The molecule has 0 saturated carbocycles. The number of nitrogens with one attached hydrogen (secondary N) is 1. The maximum absolute atomic E-state index is 12.0. The first-order chi connectivity index (χ1) is 12.2. The Balaban J connectivity index is 2.07. The van der Waals surface area contributed by atoms with Crippen LogP contribution >= 0.6 is 34.8 Å². The molecule has 1 aromatic heterocycles. The quantitative estimate of drug-likeness (QED) is 0.328. The van der Waals surface area contributed by atoms with Crippen molar-refractivity contribution in [3.63, 3.8) is 0 Å². The summed E-state index contributed by atoms with van der Waals surface area (Å²) in [6, 6.07) is 5.48. The molecule has 0 aliphatic heterocycles. The first-order valence-corrected chi connectivity index (χ1v) is 7.86. The van der Waals surface area contributed by atoms with E-state index in [1.165, 1.54) is 24.3 Å². The molecule has 0 saturated heterocycles. The third-order valence-corrected chi connectivity index (χ3v) is 4.11. The van der Waals surface area contributed by atoms with E-state index < -0.39 is 29.1 Å². The van der Waals surface area contributed by atoms with E-state index in [9.17, 15) is 19.7 Å². The minimum Gasteiger partial charge on any atom is -0.451 e. The summed E-state index contributed by atoms with van der Waals surface area (Å²) in [5, 5.41) is 12.5. The number of hydrogen-bond donors (Lipinski definition) is 2. The molecule has 26 heavy (non-hydrogen) atoms. The number of nitro groups is 1. The molecule has 3 N–H and O–H groups in total. The molecule has 136 valence electrons. The lowest BCUT2D eigenvalue weighted by molar-refractivity contribution is -0.383. The third kappa shape index (κ3) is 4.31. The van der Waals surface area contributed by atoms with Gasteiger partial charge in [-0.05, 0) is 6.07 Å². The van der Waals surface area contributed by atoms with Crippen LogP contribution in [0.5, 0.6) is 0 Å². The van der Waals surface area contributed by atoms with Gasteiger partial charge in [0.05, 0.1) is 15.6 Å². The number of carbonyl (C=O) groups excluding carboxylic acids is 2. The van der Waals surface area contributed by atoms with Crippen molar-refractivity contribution in [2.75, 3.05) is 17.7 Å². The van der Waals surface area contributed by atoms with E-state index in [0.717, 1.165) is 0 Å². The van der Waals surface area contributed by atoms with Crippen LogP contribution in [0.4, 0.5) is 17.1 Å². The molecular weight excluding hydrogens is 411 g/mol. The van der Waals surface area contributed by atoms with E-state index in [1.54, 1.807) is 0 Å². The lowest BCUT2D eigenvalue weighted by Gasteiger charge is -2.09. The number of aromatic nitrogens is 1. The van der Waals surface area contributed by atoms with Gasteiger partial charge >= 0.3 is 5.97 Å². The third-order valence-electron chi connectivity index (χ3n) is 2.97. The molecule has 0 radical (unpaired) electrons. The van der Waals surface area contributed by atoms with Gasteiger partial charge in [0, 0.05) is 6.07 Å². The summed E-state index contributed by atoms with van der Waals surface area (Å²) < 4.78 is 4.77. The topological polar surface area (TPSA) is 137 Å². The number of benzene rings is 1. The molecule has 0 bridgehead atoms. The van der Waals surface area contributed by atoms with Crippen molar-refractivity contribution in [2.24, 2.45) is 0 Å². The highest BCUT2D eigenvalue weighted by Crippen LogP contribution is 2.34. The van der Waals surface area contributed by atoms with Crippen molar-refractivity contribution >= 4 is 63.7 Å². The number of para-hydroxylation sites is 2. The number of esters is 1. The largest absolute Gasteiger partial charge is 0.451 e. The highest BCUT2D eigenvalue weighted by Gasteiger charge is 2.22. The monoisotopic (exact) mass is 418 g/mol. The number of anilines is 2. The number of rotatable bonds is 5. The summed E-state index contributed by atoms with van der Waals surface area (Å²) in [7, 11) is 0. The summed E-state index contributed by atoms with van der Waals surface area (Å²) >= 11 is 17.3. The van der Waals surface area contributed by atoms with Gasteiger partial charge in [-0.15, -0.1) is 0 Å². The molecule has 2 rings (SSSR count). The fourth-order valence-electron chi connectivity index (χ4n) is 1.79. The Bertz CT molecular complexity index is 906. The molecule has 0 aliphatic rings. The average molecular weight is 420 g/mol. The van der Waals surface area contributed by atoms with Crippen LogP contribution in [0.15, 0.2) is 24.3 Å². The van der Waals surface area contributed by atoms with Gasteiger partial charge in [-0.3, -0.25) is 14.9 Å². The lowest BCUT2D eigenvalue weighted by atomic mass is 10.2. The number of amides is 1. The average Bonchev–Trinajstić information content (AvgIpc) is 2.61. The maximum atomic E-state index is 12.0. The van der Waals surface area contributed by atoms with Gasteiger partial charge in [0.15, 0.2) is 17.5 Å². The number of pyridine rings is 1. The first kappa shape index (κ1) is 19.7. The minimum atomic E-state index is -1.07. The van der Waals surface area contributed by atoms with Gasteiger partial charge in [-0.1, -0.05) is 46.9 Å². The molecule has 9 nitrogen and oxygen atoms in total. The normalized spacial score (nSPS) is 10.3. The molecule has 12 heteroatoms. The van der Waals surface area contributed by atoms with Crippen molar-refractivity contribution in [1.29, 1.82) is 0 Å². The first-order valence-electron chi connectivity index (χ1n) is 6.72. The van der Waals surface area contributed by atoms with Crippen LogP contribution in [0.2, 0.25) is 15.2 Å². The van der Waals surface area contributed by atoms with Crippen LogP contribution in [0.3, 0.4) is 0 Å². The van der Waals surface area contributed by atoms with Crippen molar-refractivity contribution < 1.29 is 19.2 Å². The Morgan fingerprint density at radius 2 is 1.88 bits per heavy atom. The summed E-state index contributed by atoms with van der Waals surface area (Å²) in [4.78, 5) is 37.7. The molecule has 0 spiro atoms. The van der Waals surface area contributed by atoms with Gasteiger partial charge < -0.3 is 15.8 Å². The number of hydrogen-bond acceptors (Lipinski definition) is 7. The molecule has 1 heterocycles. The highest BCUT2D eigenvalue weighted by atomic mass is 35.5. The predicted molar refractivity (Wildman–Crippen MR) is 95.7 cm³/mol. The van der Waals surface area contributed by atoms with Crippen molar-refractivity contribution in [3.05, 3.63) is 55.3 Å². The smallest absolute Gasteiger partial charge is 0.359 e. The van der Waals surface area contributed by atoms with E-state index in [2.05, 4.69) is 10.3 Å².